The number of pyridine rings is 1. The fourth-order valence-electron chi connectivity index (χ4n) is 2.87. The molecule has 108 valence electrons. The van der Waals surface area contributed by atoms with Crippen LogP contribution in [0.3, 0.4) is 0 Å². The normalized spacial score (nSPS) is 21.9. The first-order valence-electron chi connectivity index (χ1n) is 6.72. The highest BCUT2D eigenvalue weighted by atomic mass is 16.4. The lowest BCUT2D eigenvalue weighted by Gasteiger charge is -2.34. The summed E-state index contributed by atoms with van der Waals surface area (Å²) in [6, 6.07) is 2.89. The molecule has 0 radical (unpaired) electrons. The van der Waals surface area contributed by atoms with Crippen LogP contribution in [-0.2, 0) is 4.79 Å². The Kier molecular flexibility index (Phi) is 3.92. The number of hydrogen-bond donors (Lipinski definition) is 2. The van der Waals surface area contributed by atoms with Crippen molar-refractivity contribution in [2.24, 2.45) is 0 Å². The predicted molar refractivity (Wildman–Crippen MR) is 71.4 cm³/mol. The number of likely N-dealkylation sites (tertiary alicyclic amines) is 1. The molecule has 1 saturated heterocycles. The van der Waals surface area contributed by atoms with Crippen LogP contribution in [0, 0.1) is 0 Å². The second-order valence-corrected chi connectivity index (χ2v) is 5.02. The summed E-state index contributed by atoms with van der Waals surface area (Å²) in [6.07, 6.45) is 3.57. The number of rotatable bonds is 4. The van der Waals surface area contributed by atoms with Gasteiger partial charge in [0.05, 0.1) is 0 Å². The van der Waals surface area contributed by atoms with Crippen molar-refractivity contribution < 1.29 is 19.8 Å². The molecule has 6 heteroatoms. The SMILES string of the molecule is CCCC1(C(=O)O)CCCN1C(=O)c1ncccc1O. The number of aromatic nitrogens is 1. The Bertz CT molecular complexity index is 532. The van der Waals surface area contributed by atoms with Gasteiger partial charge in [0.15, 0.2) is 5.69 Å². The van der Waals surface area contributed by atoms with Crippen LogP contribution in [0.4, 0.5) is 0 Å². The number of hydrogen-bond acceptors (Lipinski definition) is 4. The zero-order valence-electron chi connectivity index (χ0n) is 11.4. The van der Waals surface area contributed by atoms with Crippen LogP contribution < -0.4 is 0 Å². The molecule has 0 aromatic carbocycles. The fourth-order valence-corrected chi connectivity index (χ4v) is 2.87. The van der Waals surface area contributed by atoms with E-state index in [2.05, 4.69) is 4.98 Å². The molecule has 0 bridgehead atoms. The minimum Gasteiger partial charge on any atom is -0.505 e. The molecular weight excluding hydrogens is 260 g/mol. The zero-order chi connectivity index (χ0) is 14.8. The van der Waals surface area contributed by atoms with E-state index in [4.69, 9.17) is 0 Å². The Hall–Kier alpha value is -2.11. The Morgan fingerprint density at radius 1 is 1.50 bits per heavy atom. The van der Waals surface area contributed by atoms with Crippen LogP contribution in [0.25, 0.3) is 0 Å². The number of amides is 1. The van der Waals surface area contributed by atoms with Gasteiger partial charge < -0.3 is 15.1 Å². The van der Waals surface area contributed by atoms with Crippen molar-refractivity contribution in [3.63, 3.8) is 0 Å². The summed E-state index contributed by atoms with van der Waals surface area (Å²) in [6.45, 7) is 2.27. The van der Waals surface area contributed by atoms with Gasteiger partial charge in [0.25, 0.3) is 5.91 Å². The van der Waals surface area contributed by atoms with Gasteiger partial charge in [-0.3, -0.25) is 4.79 Å². The zero-order valence-corrected chi connectivity index (χ0v) is 11.4. The topological polar surface area (TPSA) is 90.7 Å². The molecule has 2 rings (SSSR count). The van der Waals surface area contributed by atoms with Gasteiger partial charge in [0.2, 0.25) is 0 Å². The van der Waals surface area contributed by atoms with Gasteiger partial charge in [-0.25, -0.2) is 9.78 Å². The van der Waals surface area contributed by atoms with Crippen LogP contribution in [0.2, 0.25) is 0 Å². The molecule has 0 spiro atoms. The standard InChI is InChI=1S/C14H18N2O4/c1-2-6-14(13(19)20)7-4-9-16(14)12(18)11-10(17)5-3-8-15-11/h3,5,8,17H,2,4,6-7,9H2,1H3,(H,19,20). The van der Waals surface area contributed by atoms with Gasteiger partial charge in [0, 0.05) is 12.7 Å². The number of carboxylic acids is 1. The molecule has 1 atom stereocenters. The van der Waals surface area contributed by atoms with Crippen LogP contribution in [0.15, 0.2) is 18.3 Å². The third-order valence-electron chi connectivity index (χ3n) is 3.78. The molecule has 2 N–H and O–H groups in total. The lowest BCUT2D eigenvalue weighted by molar-refractivity contribution is -0.148. The minimum absolute atomic E-state index is 0.0869. The quantitative estimate of drug-likeness (QED) is 0.873. The number of aromatic hydroxyl groups is 1. The van der Waals surface area contributed by atoms with Crippen molar-refractivity contribution in [1.82, 2.24) is 9.88 Å². The Balaban J connectivity index is 2.38. The summed E-state index contributed by atoms with van der Waals surface area (Å²) >= 11 is 0. The first-order chi connectivity index (χ1) is 9.53. The highest BCUT2D eigenvalue weighted by Gasteiger charge is 2.49. The number of carbonyl (C=O) groups is 2. The van der Waals surface area contributed by atoms with E-state index in [1.807, 2.05) is 6.92 Å². The molecule has 0 saturated carbocycles. The molecule has 6 nitrogen and oxygen atoms in total. The molecule has 0 aliphatic carbocycles. The Morgan fingerprint density at radius 2 is 2.25 bits per heavy atom. The van der Waals surface area contributed by atoms with E-state index in [1.54, 1.807) is 0 Å². The second-order valence-electron chi connectivity index (χ2n) is 5.02. The van der Waals surface area contributed by atoms with E-state index < -0.39 is 17.4 Å². The molecule has 1 aromatic rings. The molecule has 20 heavy (non-hydrogen) atoms. The maximum absolute atomic E-state index is 12.5. The third kappa shape index (κ3) is 2.21. The van der Waals surface area contributed by atoms with E-state index in [1.165, 1.54) is 23.2 Å². The highest BCUT2D eigenvalue weighted by molar-refractivity contribution is 5.98. The predicted octanol–water partition coefficient (Wildman–Crippen LogP) is 1.65. The number of carbonyl (C=O) groups excluding carboxylic acids is 1. The molecule has 1 aliphatic heterocycles. The first-order valence-corrected chi connectivity index (χ1v) is 6.72. The van der Waals surface area contributed by atoms with E-state index in [0.29, 0.717) is 32.2 Å². The van der Waals surface area contributed by atoms with Gasteiger partial charge in [-0.15, -0.1) is 0 Å². The fraction of sp³-hybridized carbons (Fsp3) is 0.500. The molecule has 1 aromatic heterocycles. The third-order valence-corrected chi connectivity index (χ3v) is 3.78. The molecular formula is C14H18N2O4. The van der Waals surface area contributed by atoms with Crippen LogP contribution in [0.1, 0.15) is 43.1 Å². The number of aliphatic carboxylic acids is 1. The summed E-state index contributed by atoms with van der Waals surface area (Å²) < 4.78 is 0. The van der Waals surface area contributed by atoms with Gasteiger partial charge in [0.1, 0.15) is 11.3 Å². The monoisotopic (exact) mass is 278 g/mol. The molecule has 1 amide bonds. The van der Waals surface area contributed by atoms with Crippen molar-refractivity contribution in [1.29, 1.82) is 0 Å². The number of carboxylic acid groups (broad SMARTS) is 1. The van der Waals surface area contributed by atoms with Crippen molar-refractivity contribution in [3.05, 3.63) is 24.0 Å². The molecule has 2 heterocycles. The number of nitrogens with zero attached hydrogens (tertiary/aromatic N) is 2. The van der Waals surface area contributed by atoms with Gasteiger partial charge >= 0.3 is 5.97 Å². The maximum Gasteiger partial charge on any atom is 0.329 e. The highest BCUT2D eigenvalue weighted by Crippen LogP contribution is 2.35. The maximum atomic E-state index is 12.5. The van der Waals surface area contributed by atoms with Crippen LogP contribution in [-0.4, -0.2) is 44.1 Å². The minimum atomic E-state index is -1.17. The second kappa shape index (κ2) is 5.48. The van der Waals surface area contributed by atoms with Gasteiger partial charge in [-0.05, 0) is 31.4 Å². The average Bonchev–Trinajstić information content (AvgIpc) is 2.84. The van der Waals surface area contributed by atoms with Crippen LogP contribution >= 0.6 is 0 Å². The van der Waals surface area contributed by atoms with Crippen LogP contribution in [0.5, 0.6) is 5.75 Å². The summed E-state index contributed by atoms with van der Waals surface area (Å²) in [5.41, 5.74) is -1.26. The summed E-state index contributed by atoms with van der Waals surface area (Å²) in [5.74, 6) is -1.72. The lowest BCUT2D eigenvalue weighted by Crippen LogP contribution is -2.53. The summed E-state index contributed by atoms with van der Waals surface area (Å²) in [4.78, 5) is 29.4. The van der Waals surface area contributed by atoms with Gasteiger partial charge in [-0.2, -0.15) is 0 Å². The lowest BCUT2D eigenvalue weighted by atomic mass is 9.90. The van der Waals surface area contributed by atoms with Gasteiger partial charge in [-0.1, -0.05) is 13.3 Å². The van der Waals surface area contributed by atoms with Crippen molar-refractivity contribution in [2.45, 2.75) is 38.1 Å². The smallest absolute Gasteiger partial charge is 0.329 e. The largest absolute Gasteiger partial charge is 0.505 e. The van der Waals surface area contributed by atoms with E-state index >= 15 is 0 Å². The molecule has 1 unspecified atom stereocenters. The first kappa shape index (κ1) is 14.3. The summed E-state index contributed by atoms with van der Waals surface area (Å²) in [5, 5.41) is 19.3. The molecule has 1 aliphatic rings. The summed E-state index contributed by atoms with van der Waals surface area (Å²) in [7, 11) is 0. The Labute approximate surface area is 117 Å². The average molecular weight is 278 g/mol. The van der Waals surface area contributed by atoms with E-state index in [9.17, 15) is 19.8 Å². The Morgan fingerprint density at radius 3 is 2.85 bits per heavy atom. The van der Waals surface area contributed by atoms with E-state index in [-0.39, 0.29) is 11.4 Å². The van der Waals surface area contributed by atoms with Crippen molar-refractivity contribution in [2.75, 3.05) is 6.54 Å². The molecule has 1 fully saturated rings. The van der Waals surface area contributed by atoms with E-state index in [0.717, 1.165) is 0 Å². The van der Waals surface area contributed by atoms with Crippen molar-refractivity contribution in [3.8, 4) is 5.75 Å². The van der Waals surface area contributed by atoms with Crippen molar-refractivity contribution >= 4 is 11.9 Å².